The Hall–Kier alpha value is -1.46. The molecular weight excluding hydrogens is 472 g/mol. The van der Waals surface area contributed by atoms with E-state index in [-0.39, 0.29) is 11.1 Å². The first-order valence-electron chi connectivity index (χ1n) is 15.0. The second kappa shape index (κ2) is 17.9. The highest BCUT2D eigenvalue weighted by Gasteiger charge is 2.51. The summed E-state index contributed by atoms with van der Waals surface area (Å²) in [6, 6.07) is 22.1. The van der Waals surface area contributed by atoms with Gasteiger partial charge in [0.15, 0.2) is 0 Å². The molecule has 2 aromatic carbocycles. The van der Waals surface area contributed by atoms with Crippen LogP contribution in [-0.4, -0.2) is 37.8 Å². The van der Waals surface area contributed by atoms with Crippen molar-refractivity contribution in [2.75, 3.05) is 13.2 Å². The largest absolute Gasteiger partial charge is 0.404 e. The summed E-state index contributed by atoms with van der Waals surface area (Å²) in [7, 11) is -2.54. The van der Waals surface area contributed by atoms with Crippen molar-refractivity contribution in [2.45, 2.75) is 122 Å². The Morgan fingerprint density at radius 2 is 0.919 bits per heavy atom. The molecule has 2 rings (SSSR count). The molecule has 0 atom stereocenters. The lowest BCUT2D eigenvalue weighted by Gasteiger charge is -2.45. The molecule has 2 N–H and O–H groups in total. The lowest BCUT2D eigenvalue weighted by molar-refractivity contribution is 0.160. The van der Waals surface area contributed by atoms with Crippen LogP contribution in [0.3, 0.4) is 0 Å². The Balaban J connectivity index is 2.20. The summed E-state index contributed by atoms with van der Waals surface area (Å²) >= 11 is 0. The van der Waals surface area contributed by atoms with Crippen LogP contribution in [0.15, 0.2) is 60.7 Å². The summed E-state index contributed by atoms with van der Waals surface area (Å²) in [5.74, 6) is 0. The molecule has 0 saturated heterocycles. The average molecular weight is 527 g/mol. The van der Waals surface area contributed by atoms with Crippen molar-refractivity contribution in [1.29, 1.82) is 0 Å². The zero-order valence-electron chi connectivity index (χ0n) is 24.0. The van der Waals surface area contributed by atoms with Gasteiger partial charge in [-0.25, -0.2) is 0 Å². The molecule has 208 valence electrons. The molecule has 0 aromatic heterocycles. The molecule has 3 nitrogen and oxygen atoms in total. The van der Waals surface area contributed by atoms with Crippen molar-refractivity contribution in [3.8, 4) is 0 Å². The van der Waals surface area contributed by atoms with Gasteiger partial charge in [-0.15, -0.1) is 0 Å². The van der Waals surface area contributed by atoms with Gasteiger partial charge in [0.2, 0.25) is 0 Å². The number of benzene rings is 2. The highest BCUT2D eigenvalue weighted by atomic mass is 28.4. The van der Waals surface area contributed by atoms with E-state index in [4.69, 9.17) is 14.6 Å². The van der Waals surface area contributed by atoms with Crippen molar-refractivity contribution in [3.63, 3.8) is 0 Å². The van der Waals surface area contributed by atoms with Gasteiger partial charge in [0.05, 0.1) is 0 Å². The number of unbranched alkanes of at least 4 members (excludes halogenated alkanes) is 10. The molecule has 0 spiro atoms. The predicted octanol–water partition coefficient (Wildman–Crippen LogP) is 7.38. The highest BCUT2D eigenvalue weighted by molar-refractivity contribution is 6.99. The van der Waals surface area contributed by atoms with Crippen molar-refractivity contribution in [2.24, 2.45) is 0 Å². The lowest BCUT2D eigenvalue weighted by Crippen LogP contribution is -2.67. The first-order valence-corrected chi connectivity index (χ1v) is 16.9. The van der Waals surface area contributed by atoms with E-state index in [9.17, 15) is 0 Å². The molecule has 0 aliphatic heterocycles. The minimum atomic E-state index is -2.54. The third kappa shape index (κ3) is 10.7. The molecule has 0 saturated carbocycles. The summed E-state index contributed by atoms with van der Waals surface area (Å²) in [4.78, 5) is 0. The van der Waals surface area contributed by atoms with E-state index in [0.717, 1.165) is 38.5 Å². The van der Waals surface area contributed by atoms with Gasteiger partial charge in [-0.3, -0.25) is 0 Å². The van der Waals surface area contributed by atoms with Crippen LogP contribution < -0.4 is 10.4 Å². The van der Waals surface area contributed by atoms with Crippen LogP contribution in [0.4, 0.5) is 0 Å². The van der Waals surface area contributed by atoms with E-state index in [1.54, 1.807) is 0 Å². The number of aliphatic hydroxyl groups is 2. The van der Waals surface area contributed by atoms with Crippen LogP contribution in [0.5, 0.6) is 0 Å². The van der Waals surface area contributed by atoms with E-state index in [0.29, 0.717) is 13.2 Å². The first kappa shape index (κ1) is 31.8. The predicted molar refractivity (Wildman–Crippen MR) is 161 cm³/mol. The number of hydrogen-bond donors (Lipinski definition) is 2. The normalized spacial score (nSPS) is 12.4. The Morgan fingerprint density at radius 1 is 0.568 bits per heavy atom. The SMILES string of the molecule is CC(C)(C)[Si](OC(CCCCCCCCO)CCCCCCCCO)(c1ccccc1)c1ccccc1. The Bertz CT molecular complexity index is 746. The molecular formula is C33H54O3Si. The molecule has 37 heavy (non-hydrogen) atoms. The van der Waals surface area contributed by atoms with Gasteiger partial charge in [-0.2, -0.15) is 0 Å². The minimum absolute atomic E-state index is 0.00253. The Labute approximate surface area is 228 Å². The molecule has 0 aliphatic rings. The molecule has 0 amide bonds. The van der Waals surface area contributed by atoms with E-state index in [1.165, 1.54) is 61.7 Å². The smallest absolute Gasteiger partial charge is 0.261 e. The fourth-order valence-corrected chi connectivity index (χ4v) is 10.3. The summed E-state index contributed by atoms with van der Waals surface area (Å²) in [5.41, 5.74) is 0. The van der Waals surface area contributed by atoms with E-state index in [1.807, 2.05) is 0 Å². The first-order chi connectivity index (χ1) is 18.0. The fraction of sp³-hybridized carbons (Fsp3) is 0.636. The summed E-state index contributed by atoms with van der Waals surface area (Å²) in [6.45, 7) is 7.75. The molecule has 2 aromatic rings. The standard InChI is InChI=1S/C33H54O3Si/c1-33(2,3)37(31-24-16-12-17-25-31,32-26-18-13-19-27-32)36-30(22-14-8-4-6-10-20-28-34)23-15-9-5-7-11-21-29-35/h12-13,16-19,24-27,30,34-35H,4-11,14-15,20-23,28-29H2,1-3H3. The van der Waals surface area contributed by atoms with Gasteiger partial charge in [-0.05, 0) is 41.1 Å². The summed E-state index contributed by atoms with van der Waals surface area (Å²) in [6.07, 6.45) is 16.5. The van der Waals surface area contributed by atoms with Gasteiger partial charge in [0.1, 0.15) is 0 Å². The van der Waals surface area contributed by atoms with Crippen LogP contribution in [0, 0.1) is 0 Å². The summed E-state index contributed by atoms with van der Waals surface area (Å²) in [5, 5.41) is 20.8. The minimum Gasteiger partial charge on any atom is -0.404 e. The quantitative estimate of drug-likeness (QED) is 0.140. The summed E-state index contributed by atoms with van der Waals surface area (Å²) < 4.78 is 7.54. The van der Waals surface area contributed by atoms with Crippen LogP contribution in [0.1, 0.15) is 111 Å². The van der Waals surface area contributed by atoms with Gasteiger partial charge in [-0.1, -0.05) is 146 Å². The highest BCUT2D eigenvalue weighted by Crippen LogP contribution is 2.38. The third-order valence-electron chi connectivity index (χ3n) is 7.63. The van der Waals surface area contributed by atoms with Gasteiger partial charge >= 0.3 is 0 Å². The van der Waals surface area contributed by atoms with Gasteiger partial charge < -0.3 is 14.6 Å². The molecule has 0 bridgehead atoms. The van der Waals surface area contributed by atoms with Crippen LogP contribution in [0.25, 0.3) is 0 Å². The molecule has 0 radical (unpaired) electrons. The molecule has 0 unspecified atom stereocenters. The second-order valence-electron chi connectivity index (χ2n) is 11.7. The Morgan fingerprint density at radius 3 is 1.27 bits per heavy atom. The molecule has 0 aliphatic carbocycles. The topological polar surface area (TPSA) is 49.7 Å². The van der Waals surface area contributed by atoms with E-state index >= 15 is 0 Å². The monoisotopic (exact) mass is 526 g/mol. The maximum absolute atomic E-state index is 9.04. The van der Waals surface area contributed by atoms with E-state index < -0.39 is 8.32 Å². The Kier molecular flexibility index (Phi) is 15.4. The number of hydrogen-bond acceptors (Lipinski definition) is 3. The van der Waals surface area contributed by atoms with E-state index in [2.05, 4.69) is 81.4 Å². The fourth-order valence-electron chi connectivity index (χ4n) is 5.59. The number of aliphatic hydroxyl groups excluding tert-OH is 2. The molecule has 4 heteroatoms. The van der Waals surface area contributed by atoms with Crippen molar-refractivity contribution < 1.29 is 14.6 Å². The van der Waals surface area contributed by atoms with Crippen LogP contribution >= 0.6 is 0 Å². The van der Waals surface area contributed by atoms with Gasteiger partial charge in [0.25, 0.3) is 8.32 Å². The maximum atomic E-state index is 9.04. The molecule has 0 fully saturated rings. The zero-order valence-corrected chi connectivity index (χ0v) is 25.0. The molecule has 0 heterocycles. The maximum Gasteiger partial charge on any atom is 0.261 e. The lowest BCUT2D eigenvalue weighted by atomic mass is 10.0. The number of rotatable bonds is 20. The zero-order chi connectivity index (χ0) is 26.8. The van der Waals surface area contributed by atoms with Crippen LogP contribution in [-0.2, 0) is 4.43 Å². The van der Waals surface area contributed by atoms with Gasteiger partial charge in [0, 0.05) is 19.3 Å². The van der Waals surface area contributed by atoms with Crippen molar-refractivity contribution >= 4 is 18.7 Å². The van der Waals surface area contributed by atoms with Crippen LogP contribution in [0.2, 0.25) is 5.04 Å². The van der Waals surface area contributed by atoms with Crippen molar-refractivity contribution in [3.05, 3.63) is 60.7 Å². The average Bonchev–Trinajstić information content (AvgIpc) is 2.90. The van der Waals surface area contributed by atoms with Crippen molar-refractivity contribution in [1.82, 2.24) is 0 Å². The third-order valence-corrected chi connectivity index (χ3v) is 12.7. The second-order valence-corrected chi connectivity index (χ2v) is 15.9.